The molecule has 30 heavy (non-hydrogen) atoms. The molecule has 1 amide bonds. The van der Waals surface area contributed by atoms with Crippen molar-refractivity contribution in [1.29, 1.82) is 0 Å². The first-order valence-electron chi connectivity index (χ1n) is 9.46. The molecule has 0 saturated carbocycles. The largest absolute Gasteiger partial charge is 0.328 e. The minimum atomic E-state index is -0.493. The molecule has 148 valence electrons. The lowest BCUT2D eigenvalue weighted by atomic mass is 9.98. The third kappa shape index (κ3) is 3.27. The van der Waals surface area contributed by atoms with Gasteiger partial charge in [0.25, 0.3) is 5.91 Å². The molecule has 0 radical (unpaired) electrons. The van der Waals surface area contributed by atoms with Crippen molar-refractivity contribution in [2.75, 3.05) is 10.6 Å². The third-order valence-electron chi connectivity index (χ3n) is 4.84. The summed E-state index contributed by atoms with van der Waals surface area (Å²) in [4.78, 5) is 23.4. The van der Waals surface area contributed by atoms with E-state index in [1.54, 1.807) is 22.2 Å². The Morgan fingerprint density at radius 3 is 2.67 bits per heavy atom. The van der Waals surface area contributed by atoms with Crippen molar-refractivity contribution in [3.63, 3.8) is 0 Å². The number of fused-ring (bicyclic) bond motifs is 1. The molecule has 1 unspecified atom stereocenters. The lowest BCUT2D eigenvalue weighted by Crippen LogP contribution is -2.32. The number of pyridine rings is 1. The zero-order valence-corrected chi connectivity index (χ0v) is 16.9. The zero-order valence-electron chi connectivity index (χ0n) is 16.1. The molecule has 8 heteroatoms. The van der Waals surface area contributed by atoms with Gasteiger partial charge in [0, 0.05) is 17.6 Å². The minimum absolute atomic E-state index is 0.208. The zero-order chi connectivity index (χ0) is 20.5. The smallest absolute Gasteiger partial charge is 0.255 e. The SMILES string of the molecule is CC1=C(C(=O)Nc2ccccc2)C(c2ccccn2)n2nc(-c3cccs3)nc2N1. The molecule has 0 aliphatic carbocycles. The first-order chi connectivity index (χ1) is 14.7. The summed E-state index contributed by atoms with van der Waals surface area (Å²) >= 11 is 1.57. The standard InChI is InChI=1S/C22H18N6OS/c1-14-18(21(29)25-15-8-3-2-4-9-15)19(16-10-5-6-12-23-16)28-22(24-14)26-20(27-28)17-11-7-13-30-17/h2-13,19H,1H3,(H,25,29)(H,24,26,27). The van der Waals surface area contributed by atoms with Crippen LogP contribution in [0.3, 0.4) is 0 Å². The highest BCUT2D eigenvalue weighted by Gasteiger charge is 2.35. The summed E-state index contributed by atoms with van der Waals surface area (Å²) in [6.45, 7) is 1.87. The maximum atomic E-state index is 13.3. The number of anilines is 2. The number of hydrogen-bond donors (Lipinski definition) is 2. The molecule has 3 aromatic heterocycles. The molecule has 0 bridgehead atoms. The molecular formula is C22H18N6OS. The van der Waals surface area contributed by atoms with Crippen LogP contribution >= 0.6 is 11.3 Å². The monoisotopic (exact) mass is 414 g/mol. The van der Waals surface area contributed by atoms with Crippen molar-refractivity contribution in [2.45, 2.75) is 13.0 Å². The third-order valence-corrected chi connectivity index (χ3v) is 5.70. The van der Waals surface area contributed by atoms with Crippen LogP contribution in [0.5, 0.6) is 0 Å². The average Bonchev–Trinajstić information content (AvgIpc) is 3.44. The molecule has 1 atom stereocenters. The molecule has 4 heterocycles. The van der Waals surface area contributed by atoms with Crippen molar-refractivity contribution in [3.05, 3.63) is 89.2 Å². The summed E-state index contributed by atoms with van der Waals surface area (Å²) in [6.07, 6.45) is 1.72. The topological polar surface area (TPSA) is 84.7 Å². The molecular weight excluding hydrogens is 396 g/mol. The fourth-order valence-corrected chi connectivity index (χ4v) is 4.14. The van der Waals surface area contributed by atoms with Gasteiger partial charge in [0.05, 0.1) is 16.1 Å². The number of rotatable bonds is 4. The Balaban J connectivity index is 1.60. The molecule has 7 nitrogen and oxygen atoms in total. The summed E-state index contributed by atoms with van der Waals surface area (Å²) in [6, 6.07) is 18.5. The van der Waals surface area contributed by atoms with Gasteiger partial charge in [-0.15, -0.1) is 16.4 Å². The van der Waals surface area contributed by atoms with Crippen molar-refractivity contribution in [1.82, 2.24) is 19.7 Å². The Hall–Kier alpha value is -3.78. The Bertz CT molecular complexity index is 1220. The summed E-state index contributed by atoms with van der Waals surface area (Å²) in [5.74, 6) is 0.995. The number of allylic oxidation sites excluding steroid dienone is 1. The van der Waals surface area contributed by atoms with Gasteiger partial charge in [0.1, 0.15) is 6.04 Å². The van der Waals surface area contributed by atoms with E-state index in [-0.39, 0.29) is 5.91 Å². The van der Waals surface area contributed by atoms with E-state index in [1.165, 1.54) is 0 Å². The second-order valence-corrected chi connectivity index (χ2v) is 7.77. The van der Waals surface area contributed by atoms with Crippen molar-refractivity contribution < 1.29 is 4.79 Å². The van der Waals surface area contributed by atoms with Gasteiger partial charge in [-0.3, -0.25) is 9.78 Å². The van der Waals surface area contributed by atoms with Gasteiger partial charge in [-0.25, -0.2) is 4.68 Å². The molecule has 2 N–H and O–H groups in total. The van der Waals surface area contributed by atoms with Crippen LogP contribution in [0.2, 0.25) is 0 Å². The molecule has 5 rings (SSSR count). The van der Waals surface area contributed by atoms with E-state index in [0.717, 1.165) is 22.0 Å². The number of hydrogen-bond acceptors (Lipinski definition) is 6. The number of carbonyl (C=O) groups is 1. The molecule has 1 aliphatic heterocycles. The van der Waals surface area contributed by atoms with Gasteiger partial charge < -0.3 is 10.6 Å². The van der Waals surface area contributed by atoms with Gasteiger partial charge in [0.2, 0.25) is 5.95 Å². The number of nitrogens with one attached hydrogen (secondary N) is 2. The quantitative estimate of drug-likeness (QED) is 0.519. The van der Waals surface area contributed by atoms with Crippen molar-refractivity contribution in [3.8, 4) is 10.7 Å². The van der Waals surface area contributed by atoms with Crippen molar-refractivity contribution >= 4 is 28.9 Å². The lowest BCUT2D eigenvalue weighted by Gasteiger charge is -2.28. The van der Waals surface area contributed by atoms with E-state index in [0.29, 0.717) is 17.3 Å². The Morgan fingerprint density at radius 2 is 1.93 bits per heavy atom. The summed E-state index contributed by atoms with van der Waals surface area (Å²) < 4.78 is 1.74. The van der Waals surface area contributed by atoms with Gasteiger partial charge in [0.15, 0.2) is 5.82 Å². The summed E-state index contributed by atoms with van der Waals surface area (Å²) in [5.41, 5.74) is 2.72. The number of carbonyl (C=O) groups excluding carboxylic acids is 1. The number of aromatic nitrogens is 4. The van der Waals surface area contributed by atoms with Crippen LogP contribution in [0.25, 0.3) is 10.7 Å². The van der Waals surface area contributed by atoms with E-state index in [4.69, 9.17) is 5.10 Å². The normalized spacial score (nSPS) is 15.4. The number of amides is 1. The predicted molar refractivity (Wildman–Crippen MR) is 117 cm³/mol. The Morgan fingerprint density at radius 1 is 1.10 bits per heavy atom. The molecule has 0 saturated heterocycles. The Kier molecular flexibility index (Phi) is 4.61. The maximum Gasteiger partial charge on any atom is 0.255 e. The number of benzene rings is 1. The predicted octanol–water partition coefficient (Wildman–Crippen LogP) is 4.33. The van der Waals surface area contributed by atoms with Crippen LogP contribution < -0.4 is 10.6 Å². The lowest BCUT2D eigenvalue weighted by molar-refractivity contribution is -0.113. The Labute approximate surface area is 177 Å². The summed E-state index contributed by atoms with van der Waals surface area (Å²) in [7, 11) is 0. The highest BCUT2D eigenvalue weighted by molar-refractivity contribution is 7.13. The second kappa shape index (κ2) is 7.57. The fourth-order valence-electron chi connectivity index (χ4n) is 3.49. The average molecular weight is 414 g/mol. The maximum absolute atomic E-state index is 13.3. The number of para-hydroxylation sites is 1. The second-order valence-electron chi connectivity index (χ2n) is 6.82. The first-order valence-corrected chi connectivity index (χ1v) is 10.3. The molecule has 0 fully saturated rings. The van der Waals surface area contributed by atoms with E-state index in [1.807, 2.05) is 73.0 Å². The van der Waals surface area contributed by atoms with Crippen LogP contribution in [0.15, 0.2) is 83.5 Å². The van der Waals surface area contributed by atoms with E-state index in [9.17, 15) is 4.79 Å². The van der Waals surface area contributed by atoms with Gasteiger partial charge >= 0.3 is 0 Å². The summed E-state index contributed by atoms with van der Waals surface area (Å²) in [5, 5.41) is 12.9. The highest BCUT2D eigenvalue weighted by Crippen LogP contribution is 2.36. The van der Waals surface area contributed by atoms with E-state index < -0.39 is 6.04 Å². The molecule has 1 aromatic carbocycles. The van der Waals surface area contributed by atoms with Gasteiger partial charge in [-0.1, -0.05) is 30.3 Å². The fraction of sp³-hybridized carbons (Fsp3) is 0.0909. The molecule has 0 spiro atoms. The van der Waals surface area contributed by atoms with Crippen molar-refractivity contribution in [2.24, 2.45) is 0 Å². The van der Waals surface area contributed by atoms with Crippen LogP contribution in [0.1, 0.15) is 18.7 Å². The number of nitrogens with zero attached hydrogens (tertiary/aromatic N) is 4. The van der Waals surface area contributed by atoms with Gasteiger partial charge in [-0.2, -0.15) is 4.98 Å². The number of thiophene rings is 1. The first kappa shape index (κ1) is 18.3. The van der Waals surface area contributed by atoms with E-state index >= 15 is 0 Å². The highest BCUT2D eigenvalue weighted by atomic mass is 32.1. The van der Waals surface area contributed by atoms with Crippen LogP contribution in [0, 0.1) is 0 Å². The molecule has 4 aromatic rings. The van der Waals surface area contributed by atoms with Gasteiger partial charge in [-0.05, 0) is 42.6 Å². The van der Waals surface area contributed by atoms with E-state index in [2.05, 4.69) is 20.6 Å². The molecule has 1 aliphatic rings. The van der Waals surface area contributed by atoms with Crippen LogP contribution in [-0.4, -0.2) is 25.7 Å². The van der Waals surface area contributed by atoms with Crippen LogP contribution in [-0.2, 0) is 4.79 Å². The van der Waals surface area contributed by atoms with Crippen LogP contribution in [0.4, 0.5) is 11.6 Å². The minimum Gasteiger partial charge on any atom is -0.328 e.